The van der Waals surface area contributed by atoms with Crippen molar-refractivity contribution >= 4 is 5.97 Å². The molecule has 5 nitrogen and oxygen atoms in total. The smallest absolute Gasteiger partial charge is 0.372 e. The van der Waals surface area contributed by atoms with Crippen LogP contribution in [-0.4, -0.2) is 40.3 Å². The number of hydrogen-bond acceptors (Lipinski definition) is 4. The van der Waals surface area contributed by atoms with E-state index in [2.05, 4.69) is 0 Å². The molecule has 2 rings (SSSR count). The number of aliphatic hydroxyl groups excluding tert-OH is 1. The zero-order valence-corrected chi connectivity index (χ0v) is 8.22. The number of rotatable bonds is 3. The van der Waals surface area contributed by atoms with Crippen molar-refractivity contribution in [3.05, 3.63) is 23.7 Å². The average Bonchev–Trinajstić information content (AvgIpc) is 2.75. The molecular formula is C10H13NO4. The van der Waals surface area contributed by atoms with E-state index in [1.54, 1.807) is 6.07 Å². The summed E-state index contributed by atoms with van der Waals surface area (Å²) >= 11 is 0. The van der Waals surface area contributed by atoms with Crippen LogP contribution in [0, 0.1) is 0 Å². The molecule has 1 unspecified atom stereocenters. The first-order chi connectivity index (χ1) is 7.16. The molecule has 0 aliphatic carbocycles. The first kappa shape index (κ1) is 10.2. The van der Waals surface area contributed by atoms with Gasteiger partial charge in [0.1, 0.15) is 0 Å². The van der Waals surface area contributed by atoms with Gasteiger partial charge in [-0.05, 0) is 12.5 Å². The Labute approximate surface area is 86.9 Å². The molecule has 1 aliphatic heterocycles. The van der Waals surface area contributed by atoms with Gasteiger partial charge in [-0.25, -0.2) is 4.79 Å². The third kappa shape index (κ3) is 2.19. The molecule has 2 heterocycles. The third-order valence-electron chi connectivity index (χ3n) is 2.58. The lowest BCUT2D eigenvalue weighted by Gasteiger charge is -2.13. The summed E-state index contributed by atoms with van der Waals surface area (Å²) < 4.78 is 4.87. The van der Waals surface area contributed by atoms with E-state index in [-0.39, 0.29) is 11.9 Å². The van der Waals surface area contributed by atoms with E-state index < -0.39 is 5.97 Å². The molecule has 0 bridgehead atoms. The van der Waals surface area contributed by atoms with Crippen molar-refractivity contribution in [2.45, 2.75) is 19.1 Å². The zero-order valence-electron chi connectivity index (χ0n) is 8.22. The van der Waals surface area contributed by atoms with Crippen LogP contribution in [0.5, 0.6) is 0 Å². The van der Waals surface area contributed by atoms with E-state index in [0.717, 1.165) is 13.0 Å². The Bertz CT molecular complexity index is 360. The quantitative estimate of drug-likeness (QED) is 0.763. The summed E-state index contributed by atoms with van der Waals surface area (Å²) in [5.74, 6) is -1.05. The van der Waals surface area contributed by atoms with Crippen LogP contribution in [0.2, 0.25) is 0 Å². The van der Waals surface area contributed by atoms with Crippen molar-refractivity contribution in [3.63, 3.8) is 0 Å². The fourth-order valence-corrected chi connectivity index (χ4v) is 1.84. The standard InChI is InChI=1S/C10H13NO4/c12-8-1-3-11(6-8)5-7-2-4-15-9(7)10(13)14/h2,4,8,12H,1,3,5-6H2,(H,13,14). The Kier molecular flexibility index (Phi) is 2.75. The highest BCUT2D eigenvalue weighted by atomic mass is 16.4. The lowest BCUT2D eigenvalue weighted by Crippen LogP contribution is -2.22. The number of carboxylic acids is 1. The normalized spacial score (nSPS) is 22.1. The predicted molar refractivity (Wildman–Crippen MR) is 51.6 cm³/mol. The van der Waals surface area contributed by atoms with Gasteiger partial charge in [0.2, 0.25) is 5.76 Å². The summed E-state index contributed by atoms with van der Waals surface area (Å²) in [6.45, 7) is 1.92. The van der Waals surface area contributed by atoms with Crippen LogP contribution in [0.15, 0.2) is 16.7 Å². The molecule has 1 fully saturated rings. The predicted octanol–water partition coefficient (Wildman–Crippen LogP) is 0.544. The highest BCUT2D eigenvalue weighted by Gasteiger charge is 2.23. The Hall–Kier alpha value is -1.33. The molecule has 0 saturated carbocycles. The second-order valence-corrected chi connectivity index (χ2v) is 3.76. The van der Waals surface area contributed by atoms with Gasteiger partial charge >= 0.3 is 5.97 Å². The maximum Gasteiger partial charge on any atom is 0.372 e. The summed E-state index contributed by atoms with van der Waals surface area (Å²) in [4.78, 5) is 12.8. The molecule has 15 heavy (non-hydrogen) atoms. The Morgan fingerprint density at radius 1 is 1.67 bits per heavy atom. The maximum atomic E-state index is 10.8. The molecule has 0 amide bonds. The lowest BCUT2D eigenvalue weighted by molar-refractivity contribution is 0.0659. The first-order valence-corrected chi connectivity index (χ1v) is 4.87. The van der Waals surface area contributed by atoms with Crippen LogP contribution in [0.4, 0.5) is 0 Å². The molecule has 0 spiro atoms. The molecule has 1 atom stereocenters. The number of carbonyl (C=O) groups is 1. The number of likely N-dealkylation sites (tertiary alicyclic amines) is 1. The van der Waals surface area contributed by atoms with Crippen molar-refractivity contribution in [1.29, 1.82) is 0 Å². The van der Waals surface area contributed by atoms with Gasteiger partial charge in [-0.2, -0.15) is 0 Å². The largest absolute Gasteiger partial charge is 0.475 e. The van der Waals surface area contributed by atoms with Crippen LogP contribution in [0.3, 0.4) is 0 Å². The third-order valence-corrected chi connectivity index (χ3v) is 2.58. The number of aromatic carboxylic acids is 1. The number of nitrogens with zero attached hydrogens (tertiary/aromatic N) is 1. The van der Waals surface area contributed by atoms with Crippen molar-refractivity contribution < 1.29 is 19.4 Å². The van der Waals surface area contributed by atoms with Gasteiger partial charge in [-0.3, -0.25) is 4.90 Å². The van der Waals surface area contributed by atoms with E-state index in [1.165, 1.54) is 6.26 Å². The number of carboxylic acid groups (broad SMARTS) is 1. The number of hydrogen-bond donors (Lipinski definition) is 2. The Morgan fingerprint density at radius 3 is 3.07 bits per heavy atom. The van der Waals surface area contributed by atoms with E-state index in [4.69, 9.17) is 9.52 Å². The van der Waals surface area contributed by atoms with Crippen molar-refractivity contribution in [2.75, 3.05) is 13.1 Å². The minimum atomic E-state index is -1.05. The minimum absolute atomic E-state index is 0.00334. The van der Waals surface area contributed by atoms with E-state index >= 15 is 0 Å². The van der Waals surface area contributed by atoms with E-state index in [9.17, 15) is 9.90 Å². The van der Waals surface area contributed by atoms with E-state index in [1.807, 2.05) is 4.90 Å². The lowest BCUT2D eigenvalue weighted by atomic mass is 10.2. The summed E-state index contributed by atoms with van der Waals surface area (Å²) in [6, 6.07) is 1.66. The molecule has 1 aromatic rings. The monoisotopic (exact) mass is 211 g/mol. The molecule has 82 valence electrons. The van der Waals surface area contributed by atoms with Crippen molar-refractivity contribution in [3.8, 4) is 0 Å². The van der Waals surface area contributed by atoms with Crippen LogP contribution >= 0.6 is 0 Å². The zero-order chi connectivity index (χ0) is 10.8. The van der Waals surface area contributed by atoms with Crippen LogP contribution in [-0.2, 0) is 6.54 Å². The van der Waals surface area contributed by atoms with Crippen molar-refractivity contribution in [2.24, 2.45) is 0 Å². The van der Waals surface area contributed by atoms with Crippen LogP contribution in [0.25, 0.3) is 0 Å². The number of aliphatic hydroxyl groups is 1. The Morgan fingerprint density at radius 2 is 2.47 bits per heavy atom. The molecule has 5 heteroatoms. The molecule has 0 aromatic carbocycles. The highest BCUT2D eigenvalue weighted by molar-refractivity contribution is 5.86. The molecule has 2 N–H and O–H groups in total. The van der Waals surface area contributed by atoms with Gasteiger partial charge in [0.05, 0.1) is 12.4 Å². The Balaban J connectivity index is 2.04. The van der Waals surface area contributed by atoms with Crippen molar-refractivity contribution in [1.82, 2.24) is 4.90 Å². The summed E-state index contributed by atoms with van der Waals surface area (Å²) in [5.41, 5.74) is 0.664. The fourth-order valence-electron chi connectivity index (χ4n) is 1.84. The number of furan rings is 1. The van der Waals surface area contributed by atoms with Gasteiger partial charge in [0, 0.05) is 25.2 Å². The van der Waals surface area contributed by atoms with Crippen LogP contribution in [0.1, 0.15) is 22.5 Å². The molecule has 1 aromatic heterocycles. The average molecular weight is 211 g/mol. The van der Waals surface area contributed by atoms with Gasteiger partial charge in [-0.15, -0.1) is 0 Å². The summed E-state index contributed by atoms with van der Waals surface area (Å²) in [5, 5.41) is 18.1. The molecule has 0 radical (unpaired) electrons. The SMILES string of the molecule is O=C(O)c1occc1CN1CCC(O)C1. The number of β-amino-alcohol motifs (C(OH)–C–C–N with tert-alkyl or cyclic N) is 1. The second kappa shape index (κ2) is 4.04. The minimum Gasteiger partial charge on any atom is -0.475 e. The van der Waals surface area contributed by atoms with Crippen LogP contribution < -0.4 is 0 Å². The molecule has 1 aliphatic rings. The summed E-state index contributed by atoms with van der Waals surface area (Å²) in [6.07, 6.45) is 1.84. The maximum absolute atomic E-state index is 10.8. The topological polar surface area (TPSA) is 73.9 Å². The second-order valence-electron chi connectivity index (χ2n) is 3.76. The van der Waals surface area contributed by atoms with Gasteiger partial charge < -0.3 is 14.6 Å². The van der Waals surface area contributed by atoms with Gasteiger partial charge in [-0.1, -0.05) is 0 Å². The van der Waals surface area contributed by atoms with Gasteiger partial charge in [0.25, 0.3) is 0 Å². The fraction of sp³-hybridized carbons (Fsp3) is 0.500. The van der Waals surface area contributed by atoms with E-state index in [0.29, 0.717) is 18.7 Å². The molecular weight excluding hydrogens is 198 g/mol. The summed E-state index contributed by atoms with van der Waals surface area (Å²) in [7, 11) is 0. The molecule has 1 saturated heterocycles. The highest BCUT2D eigenvalue weighted by Crippen LogP contribution is 2.17. The first-order valence-electron chi connectivity index (χ1n) is 4.87. The van der Waals surface area contributed by atoms with Gasteiger partial charge in [0.15, 0.2) is 0 Å².